The molecule has 1 aromatic carbocycles. The van der Waals surface area contributed by atoms with E-state index in [-0.39, 0.29) is 5.76 Å². The molecule has 2 N–H and O–H groups in total. The molecule has 0 spiro atoms. The van der Waals surface area contributed by atoms with Crippen molar-refractivity contribution in [2.45, 2.75) is 51.0 Å². The highest BCUT2D eigenvalue weighted by Crippen LogP contribution is 2.41. The van der Waals surface area contributed by atoms with Gasteiger partial charge in [-0.05, 0) is 49.3 Å². The van der Waals surface area contributed by atoms with Gasteiger partial charge in [-0.15, -0.1) is 0 Å². The molecule has 0 radical (unpaired) electrons. The Hall–Kier alpha value is -1.71. The Labute approximate surface area is 123 Å². The first-order valence-electron chi connectivity index (χ1n) is 8.17. The Kier molecular flexibility index (Phi) is 3.24. The highest BCUT2D eigenvalue weighted by atomic mass is 16.4. The van der Waals surface area contributed by atoms with E-state index in [4.69, 9.17) is 4.42 Å². The maximum atomic E-state index is 11.2. The van der Waals surface area contributed by atoms with Crippen LogP contribution in [0.1, 0.15) is 44.9 Å². The fourth-order valence-corrected chi connectivity index (χ4v) is 4.28. The van der Waals surface area contributed by atoms with Crippen LogP contribution in [0.5, 0.6) is 0 Å². The molecule has 21 heavy (non-hydrogen) atoms. The minimum Gasteiger partial charge on any atom is -0.408 e. The van der Waals surface area contributed by atoms with Crippen molar-refractivity contribution in [2.24, 2.45) is 11.8 Å². The van der Waals surface area contributed by atoms with Crippen LogP contribution in [0.3, 0.4) is 0 Å². The van der Waals surface area contributed by atoms with Crippen LogP contribution >= 0.6 is 0 Å². The summed E-state index contributed by atoms with van der Waals surface area (Å²) in [5.41, 5.74) is 2.48. The van der Waals surface area contributed by atoms with Gasteiger partial charge in [-0.2, -0.15) is 0 Å². The molecule has 2 aliphatic carbocycles. The van der Waals surface area contributed by atoms with E-state index < -0.39 is 0 Å². The van der Waals surface area contributed by atoms with Gasteiger partial charge in [0, 0.05) is 11.7 Å². The largest absolute Gasteiger partial charge is 0.417 e. The molecule has 0 bridgehead atoms. The van der Waals surface area contributed by atoms with Gasteiger partial charge in [0.2, 0.25) is 0 Å². The van der Waals surface area contributed by atoms with E-state index in [1.807, 2.05) is 18.2 Å². The van der Waals surface area contributed by atoms with Crippen LogP contribution in [-0.2, 0) is 0 Å². The van der Waals surface area contributed by atoms with Crippen LogP contribution in [0.25, 0.3) is 11.1 Å². The molecule has 2 fully saturated rings. The van der Waals surface area contributed by atoms with Crippen LogP contribution in [0.15, 0.2) is 27.4 Å². The monoisotopic (exact) mass is 286 g/mol. The quantitative estimate of drug-likeness (QED) is 0.880. The third kappa shape index (κ3) is 2.59. The van der Waals surface area contributed by atoms with E-state index in [1.54, 1.807) is 0 Å². The third-order valence-corrected chi connectivity index (χ3v) is 5.33. The summed E-state index contributed by atoms with van der Waals surface area (Å²) in [7, 11) is 0. The number of anilines is 1. The summed E-state index contributed by atoms with van der Waals surface area (Å²) in [6.45, 7) is 0. The highest BCUT2D eigenvalue weighted by Gasteiger charge is 2.31. The topological polar surface area (TPSA) is 58.0 Å². The van der Waals surface area contributed by atoms with Crippen LogP contribution in [-0.4, -0.2) is 11.0 Å². The molecule has 112 valence electrons. The second-order valence-corrected chi connectivity index (χ2v) is 6.68. The molecule has 2 aromatic rings. The number of fused-ring (bicyclic) bond motifs is 2. The van der Waals surface area contributed by atoms with Crippen molar-refractivity contribution >= 4 is 16.8 Å². The summed E-state index contributed by atoms with van der Waals surface area (Å²) in [6.07, 6.45) is 9.63. The number of rotatable bonds is 2. The number of hydrogen-bond donors (Lipinski definition) is 2. The lowest BCUT2D eigenvalue weighted by molar-refractivity contribution is 0.162. The number of hydrogen-bond acceptors (Lipinski definition) is 3. The smallest absolute Gasteiger partial charge is 0.408 e. The first-order chi connectivity index (χ1) is 10.3. The van der Waals surface area contributed by atoms with Gasteiger partial charge in [-0.3, -0.25) is 4.98 Å². The summed E-state index contributed by atoms with van der Waals surface area (Å²) in [4.78, 5) is 13.9. The molecule has 4 heteroatoms. The Morgan fingerprint density at radius 3 is 2.86 bits per heavy atom. The molecule has 0 amide bonds. The van der Waals surface area contributed by atoms with E-state index in [2.05, 4.69) is 10.3 Å². The SMILES string of the molecule is O=c1[nH]c2cc(NC3CCC4CCCCC4C3)ccc2o1. The lowest BCUT2D eigenvalue weighted by Crippen LogP contribution is -2.34. The van der Waals surface area contributed by atoms with Gasteiger partial charge in [0.15, 0.2) is 5.58 Å². The molecule has 2 saturated carbocycles. The number of H-pyrrole nitrogens is 1. The fraction of sp³-hybridized carbons (Fsp3) is 0.588. The van der Waals surface area contributed by atoms with Crippen molar-refractivity contribution in [1.29, 1.82) is 0 Å². The second-order valence-electron chi connectivity index (χ2n) is 6.68. The molecular weight excluding hydrogens is 264 g/mol. The average molecular weight is 286 g/mol. The predicted octanol–water partition coefficient (Wildman–Crippen LogP) is 3.89. The van der Waals surface area contributed by atoms with Crippen LogP contribution < -0.4 is 11.1 Å². The van der Waals surface area contributed by atoms with Crippen molar-refractivity contribution in [3.8, 4) is 0 Å². The van der Waals surface area contributed by atoms with Gasteiger partial charge < -0.3 is 9.73 Å². The molecule has 4 nitrogen and oxygen atoms in total. The first-order valence-corrected chi connectivity index (χ1v) is 8.17. The van der Waals surface area contributed by atoms with Crippen molar-refractivity contribution in [3.63, 3.8) is 0 Å². The zero-order chi connectivity index (χ0) is 14.2. The molecule has 1 aromatic heterocycles. The summed E-state index contributed by atoms with van der Waals surface area (Å²) >= 11 is 0. The molecule has 1 heterocycles. The standard InChI is InChI=1S/C17H22N2O2/c20-17-19-15-10-14(7-8-16(15)21-17)18-13-6-5-11-3-1-2-4-12(11)9-13/h7-8,10-13,18H,1-6,9H2,(H,19,20). The van der Waals surface area contributed by atoms with Crippen molar-refractivity contribution in [1.82, 2.24) is 4.98 Å². The van der Waals surface area contributed by atoms with E-state index in [1.165, 1.54) is 44.9 Å². The summed E-state index contributed by atoms with van der Waals surface area (Å²) < 4.78 is 5.04. The predicted molar refractivity (Wildman–Crippen MR) is 83.5 cm³/mol. The Morgan fingerprint density at radius 1 is 1.10 bits per heavy atom. The maximum absolute atomic E-state index is 11.2. The summed E-state index contributed by atoms with van der Waals surface area (Å²) in [6, 6.07) is 6.42. The number of aromatic nitrogens is 1. The van der Waals surface area contributed by atoms with E-state index in [0.29, 0.717) is 11.6 Å². The number of aromatic amines is 1. The second kappa shape index (κ2) is 5.24. The van der Waals surface area contributed by atoms with Gasteiger partial charge in [0.25, 0.3) is 0 Å². The van der Waals surface area contributed by atoms with Gasteiger partial charge >= 0.3 is 5.76 Å². The van der Waals surface area contributed by atoms with Crippen molar-refractivity contribution < 1.29 is 4.42 Å². The lowest BCUT2D eigenvalue weighted by atomic mass is 9.69. The van der Waals surface area contributed by atoms with E-state index in [9.17, 15) is 4.79 Å². The normalized spacial score (nSPS) is 29.2. The number of oxazole rings is 1. The summed E-state index contributed by atoms with van der Waals surface area (Å²) in [5.74, 6) is 1.51. The van der Waals surface area contributed by atoms with Crippen LogP contribution in [0.4, 0.5) is 5.69 Å². The maximum Gasteiger partial charge on any atom is 0.417 e. The average Bonchev–Trinajstić information content (AvgIpc) is 2.86. The molecule has 3 unspecified atom stereocenters. The Bertz CT molecular complexity index is 687. The van der Waals surface area contributed by atoms with Gasteiger partial charge in [-0.25, -0.2) is 4.79 Å². The number of nitrogens with one attached hydrogen (secondary N) is 2. The van der Waals surface area contributed by atoms with E-state index >= 15 is 0 Å². The third-order valence-electron chi connectivity index (χ3n) is 5.33. The Balaban J connectivity index is 1.48. The molecule has 0 saturated heterocycles. The molecule has 4 rings (SSSR count). The van der Waals surface area contributed by atoms with Gasteiger partial charge in [-0.1, -0.05) is 25.7 Å². The summed E-state index contributed by atoms with van der Waals surface area (Å²) in [5, 5.41) is 3.65. The Morgan fingerprint density at radius 2 is 1.95 bits per heavy atom. The fourth-order valence-electron chi connectivity index (χ4n) is 4.28. The van der Waals surface area contributed by atoms with Crippen LogP contribution in [0, 0.1) is 11.8 Å². The zero-order valence-corrected chi connectivity index (χ0v) is 12.2. The van der Waals surface area contributed by atoms with Crippen molar-refractivity contribution in [2.75, 3.05) is 5.32 Å². The van der Waals surface area contributed by atoms with Crippen molar-refractivity contribution in [3.05, 3.63) is 28.7 Å². The highest BCUT2D eigenvalue weighted by molar-refractivity contribution is 5.76. The minimum atomic E-state index is -0.384. The zero-order valence-electron chi connectivity index (χ0n) is 12.2. The van der Waals surface area contributed by atoms with Gasteiger partial charge in [0.05, 0.1) is 5.52 Å². The molecule has 0 aliphatic heterocycles. The minimum absolute atomic E-state index is 0.384. The lowest BCUT2D eigenvalue weighted by Gasteiger charge is -2.39. The molecule has 3 atom stereocenters. The first kappa shape index (κ1) is 13.0. The molecular formula is C17H22N2O2. The van der Waals surface area contributed by atoms with Gasteiger partial charge in [0.1, 0.15) is 0 Å². The number of benzene rings is 1. The molecule has 2 aliphatic rings. The van der Waals surface area contributed by atoms with Crippen LogP contribution in [0.2, 0.25) is 0 Å². The van der Waals surface area contributed by atoms with E-state index in [0.717, 1.165) is 23.0 Å².